The predicted octanol–water partition coefficient (Wildman–Crippen LogP) is 3.34. The number of para-hydroxylation sites is 2. The summed E-state index contributed by atoms with van der Waals surface area (Å²) in [5, 5.41) is 10.9. The van der Waals surface area contributed by atoms with Crippen molar-refractivity contribution in [3.63, 3.8) is 0 Å². The van der Waals surface area contributed by atoms with Crippen LogP contribution in [0.3, 0.4) is 0 Å². The van der Waals surface area contributed by atoms with Gasteiger partial charge in [0.05, 0.1) is 20.8 Å². The quantitative estimate of drug-likeness (QED) is 0.241. The van der Waals surface area contributed by atoms with E-state index in [9.17, 15) is 16.8 Å². The average Bonchev–Trinajstić information content (AvgIpc) is 2.95. The van der Waals surface area contributed by atoms with Crippen molar-refractivity contribution >= 4 is 20.0 Å². The fourth-order valence-electron chi connectivity index (χ4n) is 5.04. The van der Waals surface area contributed by atoms with Crippen LogP contribution in [-0.2, 0) is 32.9 Å². The Kier molecular flexibility index (Phi) is 11.8. The smallest absolute Gasteiger partial charge is 0.241 e. The lowest BCUT2D eigenvalue weighted by molar-refractivity contribution is 0.122. The summed E-state index contributed by atoms with van der Waals surface area (Å²) in [4.78, 5) is 2.07. The minimum Gasteiger partial charge on any atom is -0.495 e. The van der Waals surface area contributed by atoms with Crippen molar-refractivity contribution < 1.29 is 35.8 Å². The number of methoxy groups -OCH3 is 2. The molecule has 0 aliphatic carbocycles. The summed E-state index contributed by atoms with van der Waals surface area (Å²) >= 11 is 0. The summed E-state index contributed by atoms with van der Waals surface area (Å²) < 4.78 is 71.0. The Labute approximate surface area is 254 Å². The van der Waals surface area contributed by atoms with Gasteiger partial charge in [-0.25, -0.2) is 27.1 Å². The van der Waals surface area contributed by atoms with Gasteiger partial charge in [0.2, 0.25) is 20.0 Å². The molecule has 0 saturated heterocycles. The summed E-state index contributed by atoms with van der Waals surface area (Å²) in [5.74, 6) is 1.64. The van der Waals surface area contributed by atoms with Crippen molar-refractivity contribution in [2.45, 2.75) is 55.5 Å². The molecule has 0 aliphatic rings. The third-order valence-corrected chi connectivity index (χ3v) is 8.88. The Bertz CT molecular complexity index is 1510. The first kappa shape index (κ1) is 34.1. The molecule has 43 heavy (non-hydrogen) atoms. The second-order valence-electron chi connectivity index (χ2n) is 10.1. The Morgan fingerprint density at radius 2 is 1.14 bits per heavy atom. The minimum atomic E-state index is -4.00. The van der Waals surface area contributed by atoms with Gasteiger partial charge in [0.1, 0.15) is 27.9 Å². The van der Waals surface area contributed by atoms with E-state index in [1.54, 1.807) is 12.1 Å². The summed E-state index contributed by atoms with van der Waals surface area (Å²) in [5.41, 5.74) is 1.52. The molecule has 0 heterocycles. The van der Waals surface area contributed by atoms with E-state index in [1.165, 1.54) is 26.4 Å². The molecule has 236 valence electrons. The standard InChI is InChI=1S/C30H41N3O8S2/c1-6-40-25-9-7-8-10-26(25)41-16-15-33(21(2)17-23-11-13-27(38-4)29(19-23)42(31,34)35)22(3)18-24-12-14-28(39-5)30(20-24)43(32,36)37/h7-14,19-22H,6,15-18H2,1-5H3,(H2,31,34,35)(H2,32,36,37)/t21-,22-/m0/s1. The summed E-state index contributed by atoms with van der Waals surface area (Å²) in [6.07, 6.45) is 0.995. The molecular formula is C30H41N3O8S2. The van der Waals surface area contributed by atoms with Crippen LogP contribution in [0.5, 0.6) is 23.0 Å². The minimum absolute atomic E-state index is 0.0797. The highest BCUT2D eigenvalue weighted by molar-refractivity contribution is 7.89. The van der Waals surface area contributed by atoms with Crippen LogP contribution in [0.2, 0.25) is 0 Å². The molecular weight excluding hydrogens is 594 g/mol. The number of hydrogen-bond donors (Lipinski definition) is 2. The van der Waals surface area contributed by atoms with Gasteiger partial charge in [0.25, 0.3) is 0 Å². The largest absolute Gasteiger partial charge is 0.495 e. The predicted molar refractivity (Wildman–Crippen MR) is 165 cm³/mol. The van der Waals surface area contributed by atoms with E-state index in [2.05, 4.69) is 4.90 Å². The highest BCUT2D eigenvalue weighted by atomic mass is 32.2. The van der Waals surface area contributed by atoms with Crippen molar-refractivity contribution in [2.24, 2.45) is 10.3 Å². The summed E-state index contributed by atoms with van der Waals surface area (Å²) in [6, 6.07) is 17.1. The van der Waals surface area contributed by atoms with E-state index in [0.29, 0.717) is 44.1 Å². The van der Waals surface area contributed by atoms with E-state index >= 15 is 0 Å². The molecule has 11 nitrogen and oxygen atoms in total. The molecule has 2 atom stereocenters. The Morgan fingerprint density at radius 1 is 0.698 bits per heavy atom. The van der Waals surface area contributed by atoms with Gasteiger partial charge in [-0.3, -0.25) is 4.90 Å². The molecule has 0 saturated carbocycles. The zero-order chi connectivity index (χ0) is 31.8. The van der Waals surface area contributed by atoms with Crippen LogP contribution in [0.1, 0.15) is 31.9 Å². The first-order chi connectivity index (χ1) is 20.3. The Balaban J connectivity index is 1.89. The molecule has 0 aliphatic heterocycles. The number of benzene rings is 3. The van der Waals surface area contributed by atoms with Crippen LogP contribution in [0.25, 0.3) is 0 Å². The van der Waals surface area contributed by atoms with Crippen molar-refractivity contribution in [3.8, 4) is 23.0 Å². The van der Waals surface area contributed by atoms with Gasteiger partial charge in [0.15, 0.2) is 11.5 Å². The molecule has 3 aromatic carbocycles. The molecule has 0 unspecified atom stereocenters. The highest BCUT2D eigenvalue weighted by Gasteiger charge is 2.24. The number of hydrogen-bond acceptors (Lipinski definition) is 9. The summed E-state index contributed by atoms with van der Waals surface area (Å²) in [7, 11) is -5.22. The lowest BCUT2D eigenvalue weighted by Crippen LogP contribution is -2.44. The van der Waals surface area contributed by atoms with Gasteiger partial charge in [0, 0.05) is 18.6 Å². The lowest BCUT2D eigenvalue weighted by Gasteiger charge is -2.35. The molecule has 0 fully saturated rings. The maximum absolute atomic E-state index is 12.2. The van der Waals surface area contributed by atoms with E-state index in [-0.39, 0.29) is 33.4 Å². The number of rotatable bonds is 16. The normalized spacial score (nSPS) is 13.4. The number of nitrogens with two attached hydrogens (primary N) is 2. The van der Waals surface area contributed by atoms with Crippen LogP contribution in [0.15, 0.2) is 70.5 Å². The van der Waals surface area contributed by atoms with Crippen LogP contribution in [0, 0.1) is 0 Å². The van der Waals surface area contributed by atoms with Gasteiger partial charge in [-0.15, -0.1) is 0 Å². The van der Waals surface area contributed by atoms with Crippen molar-refractivity contribution in [1.82, 2.24) is 4.90 Å². The van der Waals surface area contributed by atoms with Crippen LogP contribution < -0.4 is 29.2 Å². The Hall–Kier alpha value is -3.36. The molecule has 4 N–H and O–H groups in total. The fourth-order valence-corrected chi connectivity index (χ4v) is 6.53. The average molecular weight is 636 g/mol. The van der Waals surface area contributed by atoms with Crippen LogP contribution in [-0.4, -0.2) is 67.8 Å². The maximum Gasteiger partial charge on any atom is 0.241 e. The molecule has 0 bridgehead atoms. The topological polar surface area (TPSA) is 160 Å². The number of nitrogens with zero attached hydrogens (tertiary/aromatic N) is 1. The number of ether oxygens (including phenoxy) is 4. The fraction of sp³-hybridized carbons (Fsp3) is 0.400. The summed E-state index contributed by atoms with van der Waals surface area (Å²) in [6.45, 7) is 7.34. The third kappa shape index (κ3) is 9.31. The van der Waals surface area contributed by atoms with E-state index in [4.69, 9.17) is 29.2 Å². The van der Waals surface area contributed by atoms with E-state index in [1.807, 2.05) is 57.2 Å². The van der Waals surface area contributed by atoms with Crippen molar-refractivity contribution in [3.05, 3.63) is 71.8 Å². The SMILES string of the molecule is CCOc1ccccc1OCCN([C@@H](C)Cc1ccc(OC)c(S(N)(=O)=O)c1)[C@@H](C)Cc1ccc(OC)c(S(N)(=O)=O)c1. The van der Waals surface area contributed by atoms with Gasteiger partial charge in [-0.05, 0) is 81.1 Å². The van der Waals surface area contributed by atoms with Crippen LogP contribution >= 0.6 is 0 Å². The second kappa shape index (κ2) is 14.9. The maximum atomic E-state index is 12.2. The van der Waals surface area contributed by atoms with E-state index < -0.39 is 20.0 Å². The first-order valence-electron chi connectivity index (χ1n) is 13.8. The van der Waals surface area contributed by atoms with Crippen LogP contribution in [0.4, 0.5) is 0 Å². The molecule has 3 aromatic rings. The monoisotopic (exact) mass is 635 g/mol. The van der Waals surface area contributed by atoms with Gasteiger partial charge >= 0.3 is 0 Å². The lowest BCUT2D eigenvalue weighted by atomic mass is 10.0. The third-order valence-electron chi connectivity index (χ3n) is 7.02. The molecule has 0 amide bonds. The number of sulfonamides is 2. The molecule has 13 heteroatoms. The second-order valence-corrected chi connectivity index (χ2v) is 13.2. The zero-order valence-electron chi connectivity index (χ0n) is 25.1. The molecule has 0 spiro atoms. The molecule has 0 radical (unpaired) electrons. The van der Waals surface area contributed by atoms with Gasteiger partial charge < -0.3 is 18.9 Å². The van der Waals surface area contributed by atoms with Crippen molar-refractivity contribution in [2.75, 3.05) is 34.0 Å². The zero-order valence-corrected chi connectivity index (χ0v) is 26.8. The van der Waals surface area contributed by atoms with E-state index in [0.717, 1.165) is 11.1 Å². The van der Waals surface area contributed by atoms with Crippen molar-refractivity contribution in [1.29, 1.82) is 0 Å². The Morgan fingerprint density at radius 3 is 1.53 bits per heavy atom. The number of primary sulfonamides is 2. The highest BCUT2D eigenvalue weighted by Crippen LogP contribution is 2.29. The molecule has 3 rings (SSSR count). The molecule has 0 aromatic heterocycles. The van der Waals surface area contributed by atoms with Gasteiger partial charge in [-0.2, -0.15) is 0 Å². The first-order valence-corrected chi connectivity index (χ1v) is 16.9. The van der Waals surface area contributed by atoms with Gasteiger partial charge in [-0.1, -0.05) is 24.3 Å².